The maximum absolute atomic E-state index is 12.2. The smallest absolute Gasteiger partial charge is 0.308 e. The molecule has 0 spiro atoms. The molecule has 0 fully saturated rings. The summed E-state index contributed by atoms with van der Waals surface area (Å²) in [5.41, 5.74) is 5.01. The summed E-state index contributed by atoms with van der Waals surface area (Å²) in [6.07, 6.45) is 0. The minimum atomic E-state index is -0.427. The van der Waals surface area contributed by atoms with Crippen LogP contribution in [0.3, 0.4) is 0 Å². The fourth-order valence-corrected chi connectivity index (χ4v) is 3.86. The summed E-state index contributed by atoms with van der Waals surface area (Å²) in [6, 6.07) is 12.8. The van der Waals surface area contributed by atoms with E-state index >= 15 is 0 Å². The van der Waals surface area contributed by atoms with E-state index in [0.29, 0.717) is 15.7 Å². The number of benzene rings is 2. The van der Waals surface area contributed by atoms with E-state index in [2.05, 4.69) is 52.8 Å². The van der Waals surface area contributed by atoms with Gasteiger partial charge in [-0.15, -0.1) is 16.4 Å². The normalized spacial score (nSPS) is 10.9. The van der Waals surface area contributed by atoms with Crippen molar-refractivity contribution in [1.82, 2.24) is 14.6 Å². The summed E-state index contributed by atoms with van der Waals surface area (Å²) in [5.74, 6) is 0.243. The molecule has 27 heavy (non-hydrogen) atoms. The van der Waals surface area contributed by atoms with Gasteiger partial charge in [0.25, 0.3) is 5.95 Å². The maximum Gasteiger partial charge on any atom is 0.326 e. The molecule has 136 valence electrons. The van der Waals surface area contributed by atoms with E-state index in [1.54, 1.807) is 28.8 Å². The van der Waals surface area contributed by atoms with E-state index < -0.39 is 6.03 Å². The zero-order valence-electron chi connectivity index (χ0n) is 14.7. The van der Waals surface area contributed by atoms with Crippen molar-refractivity contribution in [3.05, 3.63) is 64.0 Å². The number of thiazole rings is 1. The number of anilines is 2. The van der Waals surface area contributed by atoms with Crippen LogP contribution in [0.4, 0.5) is 16.4 Å². The molecule has 2 N–H and O–H groups in total. The molecule has 0 saturated carbocycles. The average Bonchev–Trinajstić information content (AvgIpc) is 3.15. The minimum absolute atomic E-state index is 0.243. The number of amides is 2. The molecule has 4 aromatic rings. The van der Waals surface area contributed by atoms with Crippen LogP contribution in [0.1, 0.15) is 11.1 Å². The second kappa shape index (κ2) is 7.02. The largest absolute Gasteiger partial charge is 0.326 e. The van der Waals surface area contributed by atoms with Gasteiger partial charge in [0.05, 0.1) is 5.69 Å². The van der Waals surface area contributed by atoms with Crippen LogP contribution in [0.5, 0.6) is 0 Å². The molecule has 0 saturated heterocycles. The fraction of sp³-hybridized carbons (Fsp3) is 0.105. The summed E-state index contributed by atoms with van der Waals surface area (Å²) >= 11 is 7.40. The van der Waals surface area contributed by atoms with Crippen LogP contribution in [-0.2, 0) is 0 Å². The van der Waals surface area contributed by atoms with Crippen molar-refractivity contribution in [3.63, 3.8) is 0 Å². The van der Waals surface area contributed by atoms with Crippen molar-refractivity contribution in [2.24, 2.45) is 0 Å². The lowest BCUT2D eigenvalue weighted by molar-refractivity contribution is 0.262. The molecule has 8 heteroatoms. The van der Waals surface area contributed by atoms with E-state index in [4.69, 9.17) is 11.6 Å². The molecular formula is C19H16ClN5OS. The summed E-state index contributed by atoms with van der Waals surface area (Å²) in [4.78, 5) is 17.3. The van der Waals surface area contributed by atoms with Gasteiger partial charge in [0.1, 0.15) is 0 Å². The molecule has 2 amide bonds. The zero-order valence-corrected chi connectivity index (χ0v) is 16.2. The van der Waals surface area contributed by atoms with Crippen LogP contribution >= 0.6 is 22.9 Å². The SMILES string of the molecule is Cc1ccc(-c2csc3nc(NC(=O)Nc4cccc(Cl)c4)nn23)c(C)c1. The number of carbonyl (C=O) groups excluding carboxylic acids is 1. The highest BCUT2D eigenvalue weighted by Crippen LogP contribution is 2.29. The van der Waals surface area contributed by atoms with Crippen molar-refractivity contribution in [2.45, 2.75) is 13.8 Å². The van der Waals surface area contributed by atoms with Gasteiger partial charge in [-0.3, -0.25) is 5.32 Å². The van der Waals surface area contributed by atoms with E-state index in [9.17, 15) is 4.79 Å². The van der Waals surface area contributed by atoms with Gasteiger partial charge in [-0.1, -0.05) is 41.4 Å². The Labute approximate surface area is 164 Å². The Bertz CT molecular complexity index is 1150. The van der Waals surface area contributed by atoms with Crippen LogP contribution in [0, 0.1) is 13.8 Å². The monoisotopic (exact) mass is 397 g/mol. The summed E-state index contributed by atoms with van der Waals surface area (Å²) < 4.78 is 1.75. The number of fused-ring (bicyclic) bond motifs is 1. The van der Waals surface area contributed by atoms with Gasteiger partial charge in [-0.05, 0) is 37.6 Å². The van der Waals surface area contributed by atoms with Crippen molar-refractivity contribution < 1.29 is 4.79 Å². The first kappa shape index (κ1) is 17.5. The number of aromatic nitrogens is 3. The number of hydrogen-bond donors (Lipinski definition) is 2. The van der Waals surface area contributed by atoms with Crippen molar-refractivity contribution >= 4 is 45.6 Å². The molecule has 0 bridgehead atoms. The molecule has 2 aromatic carbocycles. The Morgan fingerprint density at radius 3 is 2.78 bits per heavy atom. The number of nitrogens with one attached hydrogen (secondary N) is 2. The van der Waals surface area contributed by atoms with Crippen molar-refractivity contribution in [2.75, 3.05) is 10.6 Å². The van der Waals surface area contributed by atoms with Crippen LogP contribution in [0.25, 0.3) is 16.2 Å². The van der Waals surface area contributed by atoms with E-state index in [1.807, 2.05) is 5.38 Å². The molecule has 0 atom stereocenters. The maximum atomic E-state index is 12.2. The molecule has 2 aromatic heterocycles. The second-order valence-electron chi connectivity index (χ2n) is 6.16. The first-order valence-electron chi connectivity index (χ1n) is 8.25. The van der Waals surface area contributed by atoms with Crippen LogP contribution in [0.2, 0.25) is 5.02 Å². The molecule has 0 aliphatic rings. The van der Waals surface area contributed by atoms with Crippen LogP contribution < -0.4 is 10.6 Å². The van der Waals surface area contributed by atoms with Gasteiger partial charge in [-0.25, -0.2) is 9.31 Å². The molecule has 0 aliphatic carbocycles. The standard InChI is InChI=1S/C19H16ClN5OS/c1-11-6-7-15(12(2)8-11)16-10-27-19-23-17(24-25(16)19)22-18(26)21-14-5-3-4-13(20)9-14/h3-10H,1-2H3,(H2,21,22,24,26). The first-order valence-corrected chi connectivity index (χ1v) is 9.51. The molecule has 0 aliphatic heterocycles. The van der Waals surface area contributed by atoms with Crippen LogP contribution in [-0.4, -0.2) is 20.6 Å². The van der Waals surface area contributed by atoms with Gasteiger partial charge in [-0.2, -0.15) is 4.98 Å². The van der Waals surface area contributed by atoms with E-state index in [-0.39, 0.29) is 5.95 Å². The molecule has 4 rings (SSSR count). The van der Waals surface area contributed by atoms with Gasteiger partial charge >= 0.3 is 6.03 Å². The number of carbonyl (C=O) groups is 1. The lowest BCUT2D eigenvalue weighted by Crippen LogP contribution is -2.20. The molecule has 6 nitrogen and oxygen atoms in total. The summed E-state index contributed by atoms with van der Waals surface area (Å²) in [7, 11) is 0. The number of nitrogens with zero attached hydrogens (tertiary/aromatic N) is 3. The first-order chi connectivity index (χ1) is 13.0. The predicted molar refractivity (Wildman–Crippen MR) is 110 cm³/mol. The van der Waals surface area contributed by atoms with Gasteiger partial charge in [0.15, 0.2) is 0 Å². The lowest BCUT2D eigenvalue weighted by Gasteiger charge is -2.06. The molecule has 2 heterocycles. The highest BCUT2D eigenvalue weighted by Gasteiger charge is 2.14. The van der Waals surface area contributed by atoms with Gasteiger partial charge < -0.3 is 5.32 Å². The Kier molecular flexibility index (Phi) is 4.55. The van der Waals surface area contributed by atoms with Gasteiger partial charge in [0.2, 0.25) is 4.96 Å². The third-order valence-corrected chi connectivity index (χ3v) is 5.10. The third-order valence-electron chi connectivity index (χ3n) is 4.05. The number of rotatable bonds is 3. The van der Waals surface area contributed by atoms with Crippen molar-refractivity contribution in [1.29, 1.82) is 0 Å². The highest BCUT2D eigenvalue weighted by atomic mass is 35.5. The minimum Gasteiger partial charge on any atom is -0.308 e. The summed E-state index contributed by atoms with van der Waals surface area (Å²) in [5, 5.41) is 12.4. The van der Waals surface area contributed by atoms with Crippen molar-refractivity contribution in [3.8, 4) is 11.3 Å². The number of halogens is 1. The fourth-order valence-electron chi connectivity index (χ4n) is 2.85. The highest BCUT2D eigenvalue weighted by molar-refractivity contribution is 7.15. The average molecular weight is 398 g/mol. The molecule has 0 radical (unpaired) electrons. The Balaban J connectivity index is 1.57. The second-order valence-corrected chi connectivity index (χ2v) is 7.43. The number of urea groups is 1. The predicted octanol–water partition coefficient (Wildman–Crippen LogP) is 5.37. The Morgan fingerprint density at radius 2 is 2.00 bits per heavy atom. The Morgan fingerprint density at radius 1 is 1.15 bits per heavy atom. The Hall–Kier alpha value is -2.90. The molecular weight excluding hydrogens is 382 g/mol. The van der Waals surface area contributed by atoms with E-state index in [0.717, 1.165) is 11.3 Å². The van der Waals surface area contributed by atoms with Gasteiger partial charge in [0, 0.05) is 21.7 Å². The molecule has 0 unspecified atom stereocenters. The third kappa shape index (κ3) is 3.65. The number of hydrogen-bond acceptors (Lipinski definition) is 4. The number of aryl methyl sites for hydroxylation is 2. The lowest BCUT2D eigenvalue weighted by atomic mass is 10.0. The summed E-state index contributed by atoms with van der Waals surface area (Å²) in [6.45, 7) is 4.14. The quantitative estimate of drug-likeness (QED) is 0.488. The van der Waals surface area contributed by atoms with E-state index in [1.165, 1.54) is 22.5 Å². The topological polar surface area (TPSA) is 71.3 Å². The zero-order chi connectivity index (χ0) is 19.0. The van der Waals surface area contributed by atoms with Crippen LogP contribution in [0.15, 0.2) is 47.8 Å².